The minimum atomic E-state index is -0.515. The van der Waals surface area contributed by atoms with Crippen molar-refractivity contribution in [2.75, 3.05) is 34.1 Å². The summed E-state index contributed by atoms with van der Waals surface area (Å²) in [5.41, 5.74) is 4.54. The molecule has 0 saturated carbocycles. The summed E-state index contributed by atoms with van der Waals surface area (Å²) in [5, 5.41) is 14.4. The molecule has 39 heavy (non-hydrogen) atoms. The molecule has 0 unspecified atom stereocenters. The van der Waals surface area contributed by atoms with Crippen LogP contribution in [-0.2, 0) is 16.5 Å². The molecule has 0 aliphatic carbocycles. The zero-order valence-electron chi connectivity index (χ0n) is 23.1. The number of hydrogen-bond acceptors (Lipinski definition) is 8. The van der Waals surface area contributed by atoms with Gasteiger partial charge < -0.3 is 23.8 Å². The van der Waals surface area contributed by atoms with Crippen LogP contribution in [0.1, 0.15) is 32.4 Å². The standard InChI is InChI=1S/C29H33N5O5/c1-29(2,3)39-28(35)34-15-21(16-34)23-9-10-24(31-30-23)22-8-7-18(12-25(22)38-17-36-5)19-11-20-14-33(4)32-27(20)26(13-19)37-6/h7-14,21H,15-17H2,1-6H3. The van der Waals surface area contributed by atoms with Gasteiger partial charge in [-0.15, -0.1) is 0 Å². The fraction of sp³-hybridized carbons (Fsp3) is 0.379. The normalized spacial score (nSPS) is 13.8. The Labute approximate surface area is 227 Å². The molecule has 1 fully saturated rings. The van der Waals surface area contributed by atoms with Gasteiger partial charge in [-0.3, -0.25) is 4.68 Å². The Morgan fingerprint density at radius 3 is 2.44 bits per heavy atom. The maximum Gasteiger partial charge on any atom is 0.410 e. The molecule has 0 atom stereocenters. The summed E-state index contributed by atoms with van der Waals surface area (Å²) in [4.78, 5) is 13.9. The Morgan fingerprint density at radius 2 is 1.77 bits per heavy atom. The number of rotatable bonds is 7. The third-order valence-electron chi connectivity index (χ3n) is 6.47. The van der Waals surface area contributed by atoms with E-state index in [0.717, 1.165) is 33.3 Å². The average Bonchev–Trinajstić information content (AvgIpc) is 3.25. The number of carbonyl (C=O) groups excluding carboxylic acids is 1. The van der Waals surface area contributed by atoms with Crippen molar-refractivity contribution in [2.24, 2.45) is 7.05 Å². The molecule has 204 valence electrons. The minimum Gasteiger partial charge on any atom is -0.494 e. The van der Waals surface area contributed by atoms with Crippen LogP contribution in [0.5, 0.6) is 11.5 Å². The van der Waals surface area contributed by atoms with Crippen LogP contribution in [0.2, 0.25) is 0 Å². The Bertz CT molecular complexity index is 1490. The molecule has 3 heterocycles. The molecule has 1 saturated heterocycles. The third kappa shape index (κ3) is 5.65. The van der Waals surface area contributed by atoms with Gasteiger partial charge in [-0.2, -0.15) is 15.3 Å². The highest BCUT2D eigenvalue weighted by Gasteiger charge is 2.35. The quantitative estimate of drug-likeness (QED) is 0.306. The lowest BCUT2D eigenvalue weighted by Crippen LogP contribution is -2.50. The van der Waals surface area contributed by atoms with E-state index in [0.29, 0.717) is 30.3 Å². The summed E-state index contributed by atoms with van der Waals surface area (Å²) < 4.78 is 23.9. The second-order valence-electron chi connectivity index (χ2n) is 10.6. The number of aryl methyl sites for hydroxylation is 1. The second-order valence-corrected chi connectivity index (χ2v) is 10.6. The highest BCUT2D eigenvalue weighted by Crippen LogP contribution is 2.37. The number of aromatic nitrogens is 4. The lowest BCUT2D eigenvalue weighted by atomic mass is 9.96. The molecule has 0 bridgehead atoms. The van der Waals surface area contributed by atoms with E-state index in [4.69, 9.17) is 18.9 Å². The van der Waals surface area contributed by atoms with Gasteiger partial charge in [0, 0.05) is 50.3 Å². The first kappa shape index (κ1) is 26.4. The average molecular weight is 532 g/mol. The van der Waals surface area contributed by atoms with E-state index in [1.54, 1.807) is 23.8 Å². The zero-order chi connectivity index (χ0) is 27.7. The summed E-state index contributed by atoms with van der Waals surface area (Å²) >= 11 is 0. The van der Waals surface area contributed by atoms with E-state index in [1.165, 1.54) is 0 Å². The molecule has 5 rings (SSSR count). The highest BCUT2D eigenvalue weighted by atomic mass is 16.7. The van der Waals surface area contributed by atoms with Crippen LogP contribution in [0, 0.1) is 0 Å². The molecule has 1 amide bonds. The van der Waals surface area contributed by atoms with Crippen LogP contribution in [0.4, 0.5) is 4.79 Å². The van der Waals surface area contributed by atoms with Gasteiger partial charge in [-0.1, -0.05) is 6.07 Å². The molecule has 10 nitrogen and oxygen atoms in total. The summed E-state index contributed by atoms with van der Waals surface area (Å²) in [6, 6.07) is 13.9. The number of carbonyl (C=O) groups is 1. The number of benzene rings is 2. The maximum absolute atomic E-state index is 12.2. The highest BCUT2D eigenvalue weighted by molar-refractivity contribution is 5.90. The largest absolute Gasteiger partial charge is 0.494 e. The number of methoxy groups -OCH3 is 2. The first-order chi connectivity index (χ1) is 18.6. The summed E-state index contributed by atoms with van der Waals surface area (Å²) in [7, 11) is 5.11. The van der Waals surface area contributed by atoms with Gasteiger partial charge in [-0.25, -0.2) is 4.79 Å². The van der Waals surface area contributed by atoms with Crippen LogP contribution < -0.4 is 9.47 Å². The Morgan fingerprint density at radius 1 is 1.00 bits per heavy atom. The van der Waals surface area contributed by atoms with E-state index in [9.17, 15) is 4.79 Å². The molecule has 0 spiro atoms. The van der Waals surface area contributed by atoms with Crippen LogP contribution >= 0.6 is 0 Å². The summed E-state index contributed by atoms with van der Waals surface area (Å²) in [6.07, 6.45) is 1.66. The lowest BCUT2D eigenvalue weighted by molar-refractivity contribution is 0.00780. The fourth-order valence-corrected chi connectivity index (χ4v) is 4.55. The predicted molar refractivity (Wildman–Crippen MR) is 147 cm³/mol. The first-order valence-corrected chi connectivity index (χ1v) is 12.7. The smallest absolute Gasteiger partial charge is 0.410 e. The van der Waals surface area contributed by atoms with Crippen LogP contribution in [0.25, 0.3) is 33.3 Å². The topological polar surface area (TPSA) is 101 Å². The van der Waals surface area contributed by atoms with Crippen LogP contribution in [-0.4, -0.2) is 70.7 Å². The third-order valence-corrected chi connectivity index (χ3v) is 6.47. The Kier molecular flexibility index (Phi) is 7.14. The molecule has 0 radical (unpaired) electrons. The number of likely N-dealkylation sites (tertiary alicyclic amines) is 1. The van der Waals surface area contributed by atoms with E-state index in [-0.39, 0.29) is 18.8 Å². The van der Waals surface area contributed by atoms with E-state index >= 15 is 0 Å². The van der Waals surface area contributed by atoms with Gasteiger partial charge in [0.15, 0.2) is 6.79 Å². The minimum absolute atomic E-state index is 0.0928. The molecule has 4 aromatic rings. The maximum atomic E-state index is 12.2. The van der Waals surface area contributed by atoms with Gasteiger partial charge in [0.05, 0.1) is 18.5 Å². The van der Waals surface area contributed by atoms with Gasteiger partial charge in [-0.05, 0) is 68.3 Å². The molecule has 1 aliphatic rings. The lowest BCUT2D eigenvalue weighted by Gasteiger charge is -2.39. The Hall–Kier alpha value is -4.18. The Balaban J connectivity index is 1.38. The van der Waals surface area contributed by atoms with Crippen molar-refractivity contribution in [3.05, 3.63) is 54.4 Å². The second kappa shape index (κ2) is 10.5. The molecule has 0 N–H and O–H groups in total. The van der Waals surface area contributed by atoms with Gasteiger partial charge in [0.25, 0.3) is 0 Å². The van der Waals surface area contributed by atoms with Crippen molar-refractivity contribution in [2.45, 2.75) is 32.3 Å². The van der Waals surface area contributed by atoms with Gasteiger partial charge in [0.1, 0.15) is 22.6 Å². The van der Waals surface area contributed by atoms with Crippen LogP contribution in [0.15, 0.2) is 48.7 Å². The van der Waals surface area contributed by atoms with Crippen LogP contribution in [0.3, 0.4) is 0 Å². The summed E-state index contributed by atoms with van der Waals surface area (Å²) in [5.74, 6) is 1.46. The van der Waals surface area contributed by atoms with Gasteiger partial charge >= 0.3 is 6.09 Å². The molecule has 1 aliphatic heterocycles. The van der Waals surface area contributed by atoms with Crippen molar-refractivity contribution < 1.29 is 23.7 Å². The van der Waals surface area contributed by atoms with Gasteiger partial charge in [0.2, 0.25) is 0 Å². The zero-order valence-corrected chi connectivity index (χ0v) is 23.1. The number of fused-ring (bicyclic) bond motifs is 1. The predicted octanol–water partition coefficient (Wildman–Crippen LogP) is 5.02. The molecule has 2 aromatic heterocycles. The molecule has 2 aromatic carbocycles. The number of ether oxygens (including phenoxy) is 4. The van der Waals surface area contributed by atoms with E-state index in [1.807, 2.05) is 70.4 Å². The van der Waals surface area contributed by atoms with Crippen molar-refractivity contribution >= 4 is 17.0 Å². The molecule has 10 heteroatoms. The molecular formula is C29H33N5O5. The number of nitrogens with zero attached hydrogens (tertiary/aromatic N) is 5. The fourth-order valence-electron chi connectivity index (χ4n) is 4.55. The van der Waals surface area contributed by atoms with E-state index < -0.39 is 5.60 Å². The first-order valence-electron chi connectivity index (χ1n) is 12.7. The van der Waals surface area contributed by atoms with E-state index in [2.05, 4.69) is 21.4 Å². The van der Waals surface area contributed by atoms with Crippen molar-refractivity contribution in [1.82, 2.24) is 24.9 Å². The van der Waals surface area contributed by atoms with Crippen molar-refractivity contribution in [3.63, 3.8) is 0 Å². The van der Waals surface area contributed by atoms with Crippen molar-refractivity contribution in [3.8, 4) is 33.9 Å². The number of amides is 1. The monoisotopic (exact) mass is 531 g/mol. The SMILES string of the molecule is COCOc1cc(-c2cc(OC)c3nn(C)cc3c2)ccc1-c1ccc(C2CN(C(=O)OC(C)(C)C)C2)nn1. The number of hydrogen-bond donors (Lipinski definition) is 0. The summed E-state index contributed by atoms with van der Waals surface area (Å²) in [6.45, 7) is 6.80. The van der Waals surface area contributed by atoms with Crippen molar-refractivity contribution in [1.29, 1.82) is 0 Å². The molecular weight excluding hydrogens is 498 g/mol.